The molecule has 0 bridgehead atoms. The third kappa shape index (κ3) is 2.16. The molecule has 1 aliphatic heterocycles. The predicted molar refractivity (Wildman–Crippen MR) is 69.5 cm³/mol. The zero-order chi connectivity index (χ0) is 13.2. The van der Waals surface area contributed by atoms with Gasteiger partial charge in [-0.25, -0.2) is 4.63 Å². The Hall–Kier alpha value is -2.37. The number of nitrogens with zero attached hydrogens (tertiary/aromatic N) is 3. The topological polar surface area (TPSA) is 85.2 Å². The van der Waals surface area contributed by atoms with Crippen LogP contribution < -0.4 is 10.6 Å². The third-order valence-electron chi connectivity index (χ3n) is 3.32. The summed E-state index contributed by atoms with van der Waals surface area (Å²) >= 11 is 0. The van der Waals surface area contributed by atoms with Gasteiger partial charge in [0, 0.05) is 12.2 Å². The van der Waals surface area contributed by atoms with Crippen LogP contribution in [-0.4, -0.2) is 22.8 Å². The molecule has 1 aromatic carbocycles. The number of rotatable bonds is 2. The highest BCUT2D eigenvalue weighted by Crippen LogP contribution is 2.27. The van der Waals surface area contributed by atoms with E-state index in [0.29, 0.717) is 5.69 Å². The average molecular weight is 258 g/mol. The molecule has 0 fully saturated rings. The van der Waals surface area contributed by atoms with Gasteiger partial charge in [-0.05, 0) is 29.6 Å². The second-order valence-corrected chi connectivity index (χ2v) is 4.55. The van der Waals surface area contributed by atoms with E-state index in [0.717, 1.165) is 25.1 Å². The molecular weight excluding hydrogens is 244 g/mol. The molecule has 0 aliphatic carbocycles. The Morgan fingerprint density at radius 1 is 1.37 bits per heavy atom. The highest BCUT2D eigenvalue weighted by molar-refractivity contribution is 5.96. The van der Waals surface area contributed by atoms with Crippen LogP contribution in [0.2, 0.25) is 0 Å². The second kappa shape index (κ2) is 4.72. The van der Waals surface area contributed by atoms with Crippen molar-refractivity contribution in [2.24, 2.45) is 0 Å². The molecule has 2 aromatic rings. The molecule has 0 radical (unpaired) electrons. The first-order chi connectivity index (χ1) is 9.25. The van der Waals surface area contributed by atoms with Crippen LogP contribution in [-0.2, 0) is 17.6 Å². The molecule has 0 unspecified atom stereocenters. The third-order valence-corrected chi connectivity index (χ3v) is 3.32. The summed E-state index contributed by atoms with van der Waals surface area (Å²) in [7, 11) is 0. The number of benzene rings is 1. The van der Waals surface area contributed by atoms with E-state index in [1.807, 2.05) is 18.2 Å². The molecule has 6 nitrogen and oxygen atoms in total. The van der Waals surface area contributed by atoms with Gasteiger partial charge in [-0.15, -0.1) is 0 Å². The van der Waals surface area contributed by atoms with E-state index in [1.165, 1.54) is 5.56 Å². The van der Waals surface area contributed by atoms with E-state index >= 15 is 0 Å². The molecular formula is C13H14N4O2. The van der Waals surface area contributed by atoms with Crippen molar-refractivity contribution in [3.63, 3.8) is 0 Å². The number of aryl methyl sites for hydroxylation is 1. The van der Waals surface area contributed by atoms with Crippen molar-refractivity contribution >= 4 is 17.4 Å². The van der Waals surface area contributed by atoms with Gasteiger partial charge in [0.25, 0.3) is 0 Å². The number of anilines is 2. The Morgan fingerprint density at radius 2 is 2.21 bits per heavy atom. The molecule has 0 spiro atoms. The number of hydrogen-bond donors (Lipinski definition) is 1. The van der Waals surface area contributed by atoms with Crippen molar-refractivity contribution in [3.8, 4) is 0 Å². The molecule has 3 rings (SSSR count). The van der Waals surface area contributed by atoms with Crippen LogP contribution in [0.4, 0.5) is 11.5 Å². The lowest BCUT2D eigenvalue weighted by atomic mass is 10.0. The van der Waals surface area contributed by atoms with Gasteiger partial charge in [0.2, 0.25) is 5.91 Å². The number of nitrogens with two attached hydrogens (primary N) is 1. The van der Waals surface area contributed by atoms with Gasteiger partial charge in [0.05, 0.1) is 6.42 Å². The minimum absolute atomic E-state index is 0.0328. The molecule has 0 saturated carbocycles. The maximum atomic E-state index is 12.3. The van der Waals surface area contributed by atoms with E-state index in [9.17, 15) is 4.79 Å². The number of nitrogen functional groups attached to an aromatic ring is 1. The van der Waals surface area contributed by atoms with Crippen molar-refractivity contribution in [1.29, 1.82) is 0 Å². The van der Waals surface area contributed by atoms with Crippen LogP contribution in [0.15, 0.2) is 28.9 Å². The van der Waals surface area contributed by atoms with Gasteiger partial charge >= 0.3 is 0 Å². The van der Waals surface area contributed by atoms with Crippen LogP contribution in [0, 0.1) is 0 Å². The number of aromatic nitrogens is 2. The summed E-state index contributed by atoms with van der Waals surface area (Å²) in [5, 5.41) is 7.13. The Bertz CT molecular complexity index is 608. The first-order valence-corrected chi connectivity index (χ1v) is 6.21. The fourth-order valence-corrected chi connectivity index (χ4v) is 2.37. The first kappa shape index (κ1) is 11.7. The quantitative estimate of drug-likeness (QED) is 0.874. The molecule has 2 N–H and O–H groups in total. The van der Waals surface area contributed by atoms with Crippen molar-refractivity contribution in [3.05, 3.63) is 35.5 Å². The normalized spacial score (nSPS) is 14.2. The number of carbonyl (C=O) groups excluding carboxylic acids is 1. The van der Waals surface area contributed by atoms with Crippen molar-refractivity contribution in [2.75, 3.05) is 17.2 Å². The van der Waals surface area contributed by atoms with E-state index in [1.54, 1.807) is 4.90 Å². The van der Waals surface area contributed by atoms with Crippen LogP contribution in [0.25, 0.3) is 0 Å². The molecule has 6 heteroatoms. The summed E-state index contributed by atoms with van der Waals surface area (Å²) in [5.41, 5.74) is 8.15. The second-order valence-electron chi connectivity index (χ2n) is 4.55. The van der Waals surface area contributed by atoms with Crippen LogP contribution in [0.3, 0.4) is 0 Å². The largest absolute Gasteiger partial charge is 0.379 e. The van der Waals surface area contributed by atoms with Crippen LogP contribution in [0.1, 0.15) is 17.7 Å². The summed E-state index contributed by atoms with van der Waals surface area (Å²) in [4.78, 5) is 14.1. The average Bonchev–Trinajstić information content (AvgIpc) is 2.83. The van der Waals surface area contributed by atoms with Gasteiger partial charge in [-0.3, -0.25) is 4.79 Å². The first-order valence-electron chi connectivity index (χ1n) is 6.21. The summed E-state index contributed by atoms with van der Waals surface area (Å²) < 4.78 is 4.51. The number of hydrogen-bond acceptors (Lipinski definition) is 5. The SMILES string of the molecule is Nc1nonc1CC(=O)N1CCCc2ccccc21. The molecule has 2 heterocycles. The smallest absolute Gasteiger partial charge is 0.233 e. The van der Waals surface area contributed by atoms with E-state index in [-0.39, 0.29) is 18.1 Å². The molecule has 1 aliphatic rings. The number of fused-ring (bicyclic) bond motifs is 1. The molecule has 1 amide bonds. The molecule has 1 aromatic heterocycles. The van der Waals surface area contributed by atoms with E-state index in [2.05, 4.69) is 21.0 Å². The van der Waals surface area contributed by atoms with Crippen molar-refractivity contribution in [1.82, 2.24) is 10.3 Å². The summed E-state index contributed by atoms with van der Waals surface area (Å²) in [5.74, 6) is 0.146. The predicted octanol–water partition coefficient (Wildman–Crippen LogP) is 1.17. The van der Waals surface area contributed by atoms with Crippen molar-refractivity contribution < 1.29 is 9.42 Å². The number of carbonyl (C=O) groups is 1. The maximum absolute atomic E-state index is 12.3. The minimum Gasteiger partial charge on any atom is -0.379 e. The Labute approximate surface area is 110 Å². The summed E-state index contributed by atoms with van der Waals surface area (Å²) in [6, 6.07) is 7.96. The summed E-state index contributed by atoms with van der Waals surface area (Å²) in [6.45, 7) is 0.723. The standard InChI is InChI=1S/C13H14N4O2/c14-13-10(15-19-16-13)8-12(18)17-7-3-5-9-4-1-2-6-11(9)17/h1-2,4,6H,3,5,7-8H2,(H2,14,16). The van der Waals surface area contributed by atoms with Crippen LogP contribution in [0.5, 0.6) is 0 Å². The van der Waals surface area contributed by atoms with Gasteiger partial charge < -0.3 is 10.6 Å². The van der Waals surface area contributed by atoms with Crippen LogP contribution >= 0.6 is 0 Å². The van der Waals surface area contributed by atoms with Crippen molar-refractivity contribution in [2.45, 2.75) is 19.3 Å². The lowest BCUT2D eigenvalue weighted by Gasteiger charge is -2.29. The number of para-hydroxylation sites is 1. The molecule has 0 saturated heterocycles. The lowest BCUT2D eigenvalue weighted by Crippen LogP contribution is -2.36. The molecule has 19 heavy (non-hydrogen) atoms. The lowest BCUT2D eigenvalue weighted by molar-refractivity contribution is -0.118. The van der Waals surface area contributed by atoms with Gasteiger partial charge in [-0.2, -0.15) is 0 Å². The fraction of sp³-hybridized carbons (Fsp3) is 0.308. The number of amides is 1. The molecule has 0 atom stereocenters. The minimum atomic E-state index is -0.0328. The highest BCUT2D eigenvalue weighted by Gasteiger charge is 2.23. The summed E-state index contributed by atoms with van der Waals surface area (Å²) in [6.07, 6.45) is 2.09. The Morgan fingerprint density at radius 3 is 3.00 bits per heavy atom. The highest BCUT2D eigenvalue weighted by atomic mass is 16.6. The fourth-order valence-electron chi connectivity index (χ4n) is 2.37. The monoisotopic (exact) mass is 258 g/mol. The Balaban J connectivity index is 1.84. The van der Waals surface area contributed by atoms with Gasteiger partial charge in [-0.1, -0.05) is 23.4 Å². The van der Waals surface area contributed by atoms with E-state index < -0.39 is 0 Å². The van der Waals surface area contributed by atoms with Gasteiger partial charge in [0.15, 0.2) is 5.82 Å². The zero-order valence-corrected chi connectivity index (χ0v) is 10.4. The molecule has 98 valence electrons. The van der Waals surface area contributed by atoms with E-state index in [4.69, 9.17) is 5.73 Å². The van der Waals surface area contributed by atoms with Gasteiger partial charge in [0.1, 0.15) is 5.69 Å². The zero-order valence-electron chi connectivity index (χ0n) is 10.4. The maximum Gasteiger partial charge on any atom is 0.233 e. The Kier molecular flexibility index (Phi) is 2.91.